The molecular weight excluding hydrogens is 283 g/mol. The highest BCUT2D eigenvalue weighted by Crippen LogP contribution is 2.27. The van der Waals surface area contributed by atoms with Gasteiger partial charge in [0.2, 0.25) is 0 Å². The fourth-order valence-corrected chi connectivity index (χ4v) is 2.72. The van der Waals surface area contributed by atoms with Crippen LogP contribution >= 0.6 is 23.2 Å². The van der Waals surface area contributed by atoms with Crippen LogP contribution in [-0.4, -0.2) is 18.8 Å². The lowest BCUT2D eigenvalue weighted by atomic mass is 10.0. The van der Waals surface area contributed by atoms with E-state index in [1.165, 1.54) is 0 Å². The van der Waals surface area contributed by atoms with E-state index < -0.39 is 0 Å². The van der Waals surface area contributed by atoms with Crippen LogP contribution in [0.4, 0.5) is 0 Å². The molecule has 102 valence electrons. The van der Waals surface area contributed by atoms with Crippen LogP contribution in [-0.2, 0) is 16.1 Å². The van der Waals surface area contributed by atoms with E-state index in [2.05, 4.69) is 12.8 Å². The van der Waals surface area contributed by atoms with Gasteiger partial charge in [-0.3, -0.25) is 0 Å². The van der Waals surface area contributed by atoms with Crippen LogP contribution in [0.1, 0.15) is 18.9 Å². The van der Waals surface area contributed by atoms with Crippen molar-refractivity contribution in [3.8, 4) is 12.3 Å². The highest BCUT2D eigenvalue weighted by atomic mass is 35.5. The fourth-order valence-electron chi connectivity index (χ4n) is 2.21. The van der Waals surface area contributed by atoms with Crippen molar-refractivity contribution in [3.05, 3.63) is 33.8 Å². The number of rotatable bonds is 4. The Bertz CT molecular complexity index is 461. The van der Waals surface area contributed by atoms with Gasteiger partial charge >= 0.3 is 0 Å². The smallest absolute Gasteiger partial charge is 0.121 e. The van der Waals surface area contributed by atoms with Crippen LogP contribution in [0.5, 0.6) is 0 Å². The van der Waals surface area contributed by atoms with Gasteiger partial charge in [0, 0.05) is 15.6 Å². The number of hydrogen-bond acceptors (Lipinski definition) is 2. The van der Waals surface area contributed by atoms with Gasteiger partial charge in [0.15, 0.2) is 0 Å². The Morgan fingerprint density at radius 2 is 2.11 bits per heavy atom. The van der Waals surface area contributed by atoms with Gasteiger partial charge in [0.05, 0.1) is 19.3 Å². The van der Waals surface area contributed by atoms with Crippen LogP contribution < -0.4 is 0 Å². The maximum Gasteiger partial charge on any atom is 0.121 e. The minimum atomic E-state index is -0.0995. The quantitative estimate of drug-likeness (QED) is 0.784. The van der Waals surface area contributed by atoms with E-state index in [4.69, 9.17) is 39.1 Å². The van der Waals surface area contributed by atoms with E-state index in [1.54, 1.807) is 12.1 Å². The molecule has 1 aromatic rings. The summed E-state index contributed by atoms with van der Waals surface area (Å²) in [5.41, 5.74) is 0.811. The Hall–Kier alpha value is -0.720. The van der Waals surface area contributed by atoms with Gasteiger partial charge in [-0.2, -0.15) is 0 Å². The molecule has 1 aromatic carbocycles. The Morgan fingerprint density at radius 1 is 1.42 bits per heavy atom. The minimum Gasteiger partial charge on any atom is -0.374 e. The molecule has 1 heterocycles. The molecule has 1 aliphatic heterocycles. The van der Waals surface area contributed by atoms with Crippen molar-refractivity contribution in [2.75, 3.05) is 6.61 Å². The molecule has 1 saturated heterocycles. The third kappa shape index (κ3) is 3.64. The first-order valence-electron chi connectivity index (χ1n) is 6.24. The molecule has 0 bridgehead atoms. The predicted octanol–water partition coefficient (Wildman–Crippen LogP) is 3.94. The molecule has 19 heavy (non-hydrogen) atoms. The summed E-state index contributed by atoms with van der Waals surface area (Å²) in [4.78, 5) is 0. The molecular formula is C15H16Cl2O2. The summed E-state index contributed by atoms with van der Waals surface area (Å²) in [5, 5.41) is 1.24. The number of halogens is 2. The first-order chi connectivity index (χ1) is 9.11. The van der Waals surface area contributed by atoms with Gasteiger partial charge < -0.3 is 9.47 Å². The number of benzene rings is 1. The van der Waals surface area contributed by atoms with Gasteiger partial charge in [-0.25, -0.2) is 0 Å². The van der Waals surface area contributed by atoms with Crippen molar-refractivity contribution in [2.45, 2.75) is 32.2 Å². The molecule has 0 saturated carbocycles. The van der Waals surface area contributed by atoms with E-state index >= 15 is 0 Å². The maximum absolute atomic E-state index is 6.07. The SMILES string of the molecule is C#C[C@@H]1O[C@H](COCc2c(Cl)cccc2Cl)C[C@H]1C. The van der Waals surface area contributed by atoms with Crippen LogP contribution in [0, 0.1) is 18.3 Å². The molecule has 0 unspecified atom stereocenters. The number of hydrogen-bond donors (Lipinski definition) is 0. The molecule has 1 fully saturated rings. The molecule has 0 aromatic heterocycles. The summed E-state index contributed by atoms with van der Waals surface area (Å²) in [6.07, 6.45) is 6.27. The second kappa shape index (κ2) is 6.63. The van der Waals surface area contributed by atoms with Crippen molar-refractivity contribution in [1.29, 1.82) is 0 Å². The lowest BCUT2D eigenvalue weighted by Crippen LogP contribution is -2.16. The predicted molar refractivity (Wildman–Crippen MR) is 77.4 cm³/mol. The Morgan fingerprint density at radius 3 is 2.68 bits per heavy atom. The zero-order chi connectivity index (χ0) is 13.8. The zero-order valence-electron chi connectivity index (χ0n) is 10.7. The zero-order valence-corrected chi connectivity index (χ0v) is 12.2. The molecule has 1 aliphatic rings. The number of terminal acetylenes is 1. The summed E-state index contributed by atoms with van der Waals surface area (Å²) in [6.45, 7) is 2.98. The summed E-state index contributed by atoms with van der Waals surface area (Å²) in [5.74, 6) is 3.03. The molecule has 2 rings (SSSR count). The first-order valence-corrected chi connectivity index (χ1v) is 6.99. The number of ether oxygens (including phenoxy) is 2. The second-order valence-electron chi connectivity index (χ2n) is 4.77. The lowest BCUT2D eigenvalue weighted by molar-refractivity contribution is -0.00611. The van der Waals surface area contributed by atoms with Crippen LogP contribution in [0.25, 0.3) is 0 Å². The van der Waals surface area contributed by atoms with E-state index in [9.17, 15) is 0 Å². The van der Waals surface area contributed by atoms with Crippen molar-refractivity contribution in [3.63, 3.8) is 0 Å². The normalized spacial score (nSPS) is 26.3. The Labute approximate surface area is 124 Å². The summed E-state index contributed by atoms with van der Waals surface area (Å²) in [6, 6.07) is 5.41. The summed E-state index contributed by atoms with van der Waals surface area (Å²) >= 11 is 12.1. The van der Waals surface area contributed by atoms with Gasteiger partial charge in [0.1, 0.15) is 6.10 Å². The standard InChI is InChI=1S/C15H16Cl2O2/c1-3-15-10(2)7-11(19-15)8-18-9-12-13(16)5-4-6-14(12)17/h1,4-6,10-11,15H,7-9H2,2H3/t10-,11+,15+/m1/s1. The lowest BCUT2D eigenvalue weighted by Gasteiger charge is -2.12. The summed E-state index contributed by atoms with van der Waals surface area (Å²) < 4.78 is 11.3. The monoisotopic (exact) mass is 298 g/mol. The molecule has 0 amide bonds. The van der Waals surface area contributed by atoms with Gasteiger partial charge in [0.25, 0.3) is 0 Å². The van der Waals surface area contributed by atoms with Crippen molar-refractivity contribution >= 4 is 23.2 Å². The molecule has 0 radical (unpaired) electrons. The minimum absolute atomic E-state index is 0.0531. The molecule has 2 nitrogen and oxygen atoms in total. The highest BCUT2D eigenvalue weighted by Gasteiger charge is 2.30. The largest absolute Gasteiger partial charge is 0.374 e. The first kappa shape index (κ1) is 14.7. The topological polar surface area (TPSA) is 18.5 Å². The Balaban J connectivity index is 1.83. The molecule has 0 aliphatic carbocycles. The third-order valence-electron chi connectivity index (χ3n) is 3.27. The third-order valence-corrected chi connectivity index (χ3v) is 3.97. The van der Waals surface area contributed by atoms with E-state index in [0.717, 1.165) is 12.0 Å². The maximum atomic E-state index is 6.07. The van der Waals surface area contributed by atoms with Crippen molar-refractivity contribution in [2.24, 2.45) is 5.92 Å². The molecule has 0 N–H and O–H groups in total. The van der Waals surface area contributed by atoms with E-state index in [1.807, 2.05) is 6.07 Å². The highest BCUT2D eigenvalue weighted by molar-refractivity contribution is 6.35. The van der Waals surface area contributed by atoms with Crippen molar-refractivity contribution in [1.82, 2.24) is 0 Å². The van der Waals surface area contributed by atoms with Crippen molar-refractivity contribution < 1.29 is 9.47 Å². The molecule has 4 heteroatoms. The van der Waals surface area contributed by atoms with Gasteiger partial charge in [-0.05, 0) is 24.5 Å². The Kier molecular flexibility index (Phi) is 5.13. The fraction of sp³-hybridized carbons (Fsp3) is 0.467. The average molecular weight is 299 g/mol. The molecule has 3 atom stereocenters. The van der Waals surface area contributed by atoms with Crippen LogP contribution in [0.3, 0.4) is 0 Å². The second-order valence-corrected chi connectivity index (χ2v) is 5.59. The molecule has 0 spiro atoms. The summed E-state index contributed by atoms with van der Waals surface area (Å²) in [7, 11) is 0. The van der Waals surface area contributed by atoms with Gasteiger partial charge in [-0.15, -0.1) is 6.42 Å². The van der Waals surface area contributed by atoms with E-state index in [-0.39, 0.29) is 12.2 Å². The van der Waals surface area contributed by atoms with Crippen LogP contribution in [0.15, 0.2) is 18.2 Å². The average Bonchev–Trinajstić information content (AvgIpc) is 2.73. The van der Waals surface area contributed by atoms with E-state index in [0.29, 0.717) is 29.2 Å². The van der Waals surface area contributed by atoms with Gasteiger partial charge in [-0.1, -0.05) is 42.1 Å². The van der Waals surface area contributed by atoms with Crippen LogP contribution in [0.2, 0.25) is 10.0 Å².